The number of rotatable bonds is 5. The normalized spacial score (nSPS) is 21.9. The van der Waals surface area contributed by atoms with E-state index in [1.165, 1.54) is 0 Å². The Morgan fingerprint density at radius 1 is 1.39 bits per heavy atom. The molecule has 0 saturated carbocycles. The fourth-order valence-electron chi connectivity index (χ4n) is 2.61. The molecule has 1 fully saturated rings. The van der Waals surface area contributed by atoms with Crippen molar-refractivity contribution in [3.8, 4) is 0 Å². The first-order chi connectivity index (χ1) is 8.66. The van der Waals surface area contributed by atoms with Gasteiger partial charge in [-0.15, -0.1) is 0 Å². The lowest BCUT2D eigenvalue weighted by atomic mass is 10.0. The maximum absolute atomic E-state index is 10.8. The van der Waals surface area contributed by atoms with Crippen molar-refractivity contribution in [3.63, 3.8) is 0 Å². The highest BCUT2D eigenvalue weighted by molar-refractivity contribution is 5.69. The van der Waals surface area contributed by atoms with Crippen LogP contribution in [-0.2, 0) is 4.79 Å². The molecule has 2 rings (SSSR count). The number of carboxylic acid groups (broad SMARTS) is 1. The molecule has 0 unspecified atom stereocenters. The van der Waals surface area contributed by atoms with Gasteiger partial charge in [0.25, 0.3) is 0 Å². The van der Waals surface area contributed by atoms with Crippen molar-refractivity contribution in [2.75, 3.05) is 13.1 Å². The third-order valence-electron chi connectivity index (χ3n) is 3.52. The summed E-state index contributed by atoms with van der Waals surface area (Å²) >= 11 is 0. The predicted octanol–water partition coefficient (Wildman–Crippen LogP) is 1.66. The first-order valence-corrected chi connectivity index (χ1v) is 6.35. The van der Waals surface area contributed by atoms with Gasteiger partial charge in [0.05, 0.1) is 12.6 Å². The van der Waals surface area contributed by atoms with E-state index in [1.807, 2.05) is 35.2 Å². The topological polar surface area (TPSA) is 60.8 Å². The molecule has 0 amide bonds. The number of carbonyl (C=O) groups is 1. The molecule has 1 aliphatic heterocycles. The minimum Gasteiger partial charge on any atom is -0.480 e. The minimum atomic E-state index is -0.795. The highest BCUT2D eigenvalue weighted by atomic mass is 16.4. The number of likely N-dealkylation sites (tertiary alicyclic amines) is 1. The molecule has 0 radical (unpaired) electrons. The second-order valence-corrected chi connectivity index (χ2v) is 4.82. The number of aliphatic hydroxyl groups is 1. The number of benzene rings is 1. The molecule has 1 aliphatic rings. The number of hydrogen-bond donors (Lipinski definition) is 2. The second-order valence-electron chi connectivity index (χ2n) is 4.82. The molecule has 0 spiro atoms. The maximum atomic E-state index is 10.8. The van der Waals surface area contributed by atoms with Gasteiger partial charge in [0.1, 0.15) is 0 Å². The number of aliphatic carboxylic acids is 1. The number of nitrogens with zero attached hydrogens (tertiary/aromatic N) is 1. The van der Waals surface area contributed by atoms with E-state index >= 15 is 0 Å². The Hall–Kier alpha value is -1.39. The standard InChI is InChI=1S/C14H19NO3/c16-13(11-5-2-1-3-6-11)9-12-7-4-8-15(12)10-14(17)18/h1-3,5-6,12-13,16H,4,7-10H2,(H,17,18)/t12-,13-/m0/s1. The zero-order chi connectivity index (χ0) is 13.0. The molecule has 0 aliphatic carbocycles. The van der Waals surface area contributed by atoms with Crippen LogP contribution >= 0.6 is 0 Å². The lowest BCUT2D eigenvalue weighted by molar-refractivity contribution is -0.138. The van der Waals surface area contributed by atoms with E-state index in [4.69, 9.17) is 5.11 Å². The van der Waals surface area contributed by atoms with Crippen molar-refractivity contribution in [2.45, 2.75) is 31.4 Å². The van der Waals surface area contributed by atoms with Gasteiger partial charge < -0.3 is 10.2 Å². The van der Waals surface area contributed by atoms with E-state index in [0.717, 1.165) is 24.9 Å². The monoisotopic (exact) mass is 249 g/mol. The fourth-order valence-corrected chi connectivity index (χ4v) is 2.61. The molecule has 1 aromatic rings. The zero-order valence-electron chi connectivity index (χ0n) is 10.3. The number of aliphatic hydroxyl groups excluding tert-OH is 1. The Balaban J connectivity index is 1.94. The summed E-state index contributed by atoms with van der Waals surface area (Å²) in [5.74, 6) is -0.795. The Morgan fingerprint density at radius 3 is 2.78 bits per heavy atom. The van der Waals surface area contributed by atoms with E-state index in [9.17, 15) is 9.90 Å². The Morgan fingerprint density at radius 2 is 2.11 bits per heavy atom. The van der Waals surface area contributed by atoms with Gasteiger partial charge in [-0.25, -0.2) is 0 Å². The molecule has 98 valence electrons. The summed E-state index contributed by atoms with van der Waals surface area (Å²) < 4.78 is 0. The molecule has 0 bridgehead atoms. The van der Waals surface area contributed by atoms with Gasteiger partial charge >= 0.3 is 5.97 Å². The Bertz CT molecular complexity index is 393. The lowest BCUT2D eigenvalue weighted by Gasteiger charge is -2.24. The maximum Gasteiger partial charge on any atom is 0.317 e. The van der Waals surface area contributed by atoms with Crippen molar-refractivity contribution in [1.82, 2.24) is 4.90 Å². The fraction of sp³-hybridized carbons (Fsp3) is 0.500. The van der Waals surface area contributed by atoms with Gasteiger partial charge in [0, 0.05) is 6.04 Å². The summed E-state index contributed by atoms with van der Waals surface area (Å²) in [4.78, 5) is 12.7. The van der Waals surface area contributed by atoms with Crippen molar-refractivity contribution >= 4 is 5.97 Å². The van der Waals surface area contributed by atoms with Crippen LogP contribution < -0.4 is 0 Å². The average molecular weight is 249 g/mol. The lowest BCUT2D eigenvalue weighted by Crippen LogP contribution is -2.35. The van der Waals surface area contributed by atoms with Crippen molar-refractivity contribution < 1.29 is 15.0 Å². The van der Waals surface area contributed by atoms with Crippen LogP contribution in [0.4, 0.5) is 0 Å². The molecule has 4 heteroatoms. The van der Waals surface area contributed by atoms with Crippen LogP contribution in [0, 0.1) is 0 Å². The molecule has 1 saturated heterocycles. The molecule has 2 atom stereocenters. The van der Waals surface area contributed by atoms with Crippen LogP contribution in [0.3, 0.4) is 0 Å². The zero-order valence-corrected chi connectivity index (χ0v) is 10.3. The minimum absolute atomic E-state index is 0.0756. The molecule has 0 aromatic heterocycles. The van der Waals surface area contributed by atoms with Crippen LogP contribution in [0.1, 0.15) is 30.9 Å². The smallest absolute Gasteiger partial charge is 0.317 e. The molecule has 2 N–H and O–H groups in total. The van der Waals surface area contributed by atoms with Crippen LogP contribution in [0.2, 0.25) is 0 Å². The van der Waals surface area contributed by atoms with E-state index in [1.54, 1.807) is 0 Å². The molecule has 4 nitrogen and oxygen atoms in total. The molecular formula is C14H19NO3. The summed E-state index contributed by atoms with van der Waals surface area (Å²) in [6.45, 7) is 0.894. The van der Waals surface area contributed by atoms with Crippen LogP contribution in [0.25, 0.3) is 0 Å². The first-order valence-electron chi connectivity index (χ1n) is 6.35. The molecule has 18 heavy (non-hydrogen) atoms. The van der Waals surface area contributed by atoms with E-state index in [-0.39, 0.29) is 12.6 Å². The van der Waals surface area contributed by atoms with Gasteiger partial charge in [0.2, 0.25) is 0 Å². The molecule has 1 aromatic carbocycles. The second kappa shape index (κ2) is 5.98. The van der Waals surface area contributed by atoms with E-state index in [2.05, 4.69) is 0 Å². The highest BCUT2D eigenvalue weighted by Crippen LogP contribution is 2.26. The van der Waals surface area contributed by atoms with Crippen molar-refractivity contribution in [2.24, 2.45) is 0 Å². The highest BCUT2D eigenvalue weighted by Gasteiger charge is 2.28. The van der Waals surface area contributed by atoms with Crippen molar-refractivity contribution in [1.29, 1.82) is 0 Å². The van der Waals surface area contributed by atoms with Gasteiger partial charge in [-0.05, 0) is 31.4 Å². The van der Waals surface area contributed by atoms with Gasteiger partial charge in [0.15, 0.2) is 0 Å². The summed E-state index contributed by atoms with van der Waals surface area (Å²) in [6.07, 6.45) is 2.08. The van der Waals surface area contributed by atoms with Crippen LogP contribution in [0.15, 0.2) is 30.3 Å². The first kappa shape index (κ1) is 13.1. The average Bonchev–Trinajstić information content (AvgIpc) is 2.77. The summed E-state index contributed by atoms with van der Waals surface area (Å²) in [5.41, 5.74) is 0.902. The molecule has 1 heterocycles. The quantitative estimate of drug-likeness (QED) is 0.833. The van der Waals surface area contributed by atoms with E-state index in [0.29, 0.717) is 6.42 Å². The van der Waals surface area contributed by atoms with Crippen molar-refractivity contribution in [3.05, 3.63) is 35.9 Å². The Labute approximate surface area is 107 Å². The van der Waals surface area contributed by atoms with Gasteiger partial charge in [-0.1, -0.05) is 30.3 Å². The summed E-state index contributed by atoms with van der Waals surface area (Å²) in [5, 5.41) is 19.0. The summed E-state index contributed by atoms with van der Waals surface area (Å²) in [7, 11) is 0. The summed E-state index contributed by atoms with van der Waals surface area (Å²) in [6, 6.07) is 9.71. The van der Waals surface area contributed by atoms with Gasteiger partial charge in [-0.3, -0.25) is 9.69 Å². The Kier molecular flexibility index (Phi) is 4.33. The number of hydrogen-bond acceptors (Lipinski definition) is 3. The third-order valence-corrected chi connectivity index (χ3v) is 3.52. The largest absolute Gasteiger partial charge is 0.480 e. The van der Waals surface area contributed by atoms with Crippen LogP contribution in [0.5, 0.6) is 0 Å². The van der Waals surface area contributed by atoms with Crippen LogP contribution in [-0.4, -0.2) is 40.2 Å². The third kappa shape index (κ3) is 3.31. The van der Waals surface area contributed by atoms with E-state index < -0.39 is 12.1 Å². The SMILES string of the molecule is O=C(O)CN1CCC[C@H]1C[C@H](O)c1ccccc1. The number of carboxylic acids is 1. The van der Waals surface area contributed by atoms with Gasteiger partial charge in [-0.2, -0.15) is 0 Å². The predicted molar refractivity (Wildman–Crippen MR) is 68.2 cm³/mol. The molecular weight excluding hydrogens is 230 g/mol.